The number of hydrogen-bond acceptors (Lipinski definition) is 8. The van der Waals surface area contributed by atoms with Gasteiger partial charge in [0.25, 0.3) is 0 Å². The summed E-state index contributed by atoms with van der Waals surface area (Å²) in [7, 11) is 1.36. The number of esters is 1. The van der Waals surface area contributed by atoms with Gasteiger partial charge in [0.2, 0.25) is 11.8 Å². The van der Waals surface area contributed by atoms with Crippen molar-refractivity contribution in [1.29, 1.82) is 0 Å². The van der Waals surface area contributed by atoms with Crippen LogP contribution >= 0.6 is 0 Å². The first-order valence-corrected chi connectivity index (χ1v) is 9.77. The highest BCUT2D eigenvalue weighted by Gasteiger charge is 2.30. The summed E-state index contributed by atoms with van der Waals surface area (Å²) in [5.74, 6) is -2.30. The normalized spacial score (nSPS) is 13.1. The van der Waals surface area contributed by atoms with Crippen molar-refractivity contribution in [2.45, 2.75) is 57.9 Å². The second-order valence-electron chi connectivity index (χ2n) is 7.95. The molecule has 0 fully saturated rings. The molecule has 10 heteroatoms. The molecular formula is C21H31N3O7. The minimum absolute atomic E-state index is 0.0652. The lowest BCUT2D eigenvalue weighted by Crippen LogP contribution is -2.52. The summed E-state index contributed by atoms with van der Waals surface area (Å²) >= 11 is 0. The quantitative estimate of drug-likeness (QED) is 0.408. The van der Waals surface area contributed by atoms with Gasteiger partial charge < -0.3 is 30.6 Å². The number of ether oxygens (including phenoxy) is 3. The molecule has 0 heterocycles. The van der Waals surface area contributed by atoms with Gasteiger partial charge >= 0.3 is 12.1 Å². The summed E-state index contributed by atoms with van der Waals surface area (Å²) in [6.45, 7) is 5.07. The van der Waals surface area contributed by atoms with E-state index < -0.39 is 41.6 Å². The zero-order valence-electron chi connectivity index (χ0n) is 18.3. The van der Waals surface area contributed by atoms with E-state index in [4.69, 9.17) is 20.9 Å². The second kappa shape index (κ2) is 12.0. The van der Waals surface area contributed by atoms with Gasteiger partial charge in [-0.15, -0.1) is 0 Å². The standard InChI is InChI=1S/C21H31N3O7/c1-21(2,3)31-20(28)30-17(25)11-10-16(18(23)26)24(4)19(27)15(22)13-29-12-14-8-6-5-7-9-14/h5-9,15-16H,10-13,22H2,1-4H3,(H2,23,26)/t15-,16+/m0/s1. The average molecular weight is 437 g/mol. The Morgan fingerprint density at radius 2 is 1.71 bits per heavy atom. The van der Waals surface area contributed by atoms with Crippen molar-refractivity contribution in [2.24, 2.45) is 11.5 Å². The molecule has 2 amide bonds. The van der Waals surface area contributed by atoms with Crippen molar-refractivity contribution in [2.75, 3.05) is 13.7 Å². The molecule has 0 aromatic heterocycles. The van der Waals surface area contributed by atoms with Crippen LogP contribution in [0.5, 0.6) is 0 Å². The highest BCUT2D eigenvalue weighted by molar-refractivity contribution is 5.89. The smallest absolute Gasteiger partial charge is 0.428 e. The molecule has 0 unspecified atom stereocenters. The average Bonchev–Trinajstić information content (AvgIpc) is 2.66. The largest absolute Gasteiger partial charge is 0.516 e. The Bertz CT molecular complexity index is 762. The maximum Gasteiger partial charge on any atom is 0.516 e. The van der Waals surface area contributed by atoms with Crippen LogP contribution in [0.15, 0.2) is 30.3 Å². The molecule has 0 spiro atoms. The minimum Gasteiger partial charge on any atom is -0.428 e. The zero-order valence-corrected chi connectivity index (χ0v) is 18.3. The topological polar surface area (TPSA) is 151 Å². The van der Waals surface area contributed by atoms with E-state index in [0.29, 0.717) is 0 Å². The molecule has 31 heavy (non-hydrogen) atoms. The van der Waals surface area contributed by atoms with Crippen LogP contribution < -0.4 is 11.5 Å². The first-order valence-electron chi connectivity index (χ1n) is 9.77. The zero-order chi connectivity index (χ0) is 23.6. The minimum atomic E-state index is -1.14. The Labute approximate surface area is 181 Å². The number of nitrogens with zero attached hydrogens (tertiary/aromatic N) is 1. The molecule has 0 aliphatic carbocycles. The van der Waals surface area contributed by atoms with Gasteiger partial charge in [0.05, 0.1) is 13.2 Å². The first kappa shape index (κ1) is 26.1. The number of rotatable bonds is 10. The summed E-state index contributed by atoms with van der Waals surface area (Å²) in [5, 5.41) is 0. The van der Waals surface area contributed by atoms with Crippen molar-refractivity contribution < 1.29 is 33.4 Å². The van der Waals surface area contributed by atoms with Gasteiger partial charge in [-0.2, -0.15) is 0 Å². The van der Waals surface area contributed by atoms with Crippen LogP contribution in [0.1, 0.15) is 39.2 Å². The molecule has 0 radical (unpaired) electrons. The van der Waals surface area contributed by atoms with Crippen LogP contribution in [0.2, 0.25) is 0 Å². The van der Waals surface area contributed by atoms with E-state index in [1.54, 1.807) is 20.8 Å². The monoisotopic (exact) mass is 437 g/mol. The van der Waals surface area contributed by atoms with Crippen LogP contribution in [-0.2, 0) is 35.2 Å². The van der Waals surface area contributed by atoms with Gasteiger partial charge in [-0.05, 0) is 32.8 Å². The number of amides is 2. The molecule has 2 atom stereocenters. The van der Waals surface area contributed by atoms with Gasteiger partial charge in [0.1, 0.15) is 17.7 Å². The predicted octanol–water partition coefficient (Wildman–Crippen LogP) is 1.10. The van der Waals surface area contributed by atoms with Crippen molar-refractivity contribution in [3.8, 4) is 0 Å². The lowest BCUT2D eigenvalue weighted by molar-refractivity contribution is -0.144. The van der Waals surface area contributed by atoms with Crippen molar-refractivity contribution in [3.63, 3.8) is 0 Å². The number of carbonyl (C=O) groups is 4. The SMILES string of the molecule is CN(C(=O)[C@@H](N)COCc1ccccc1)[C@H](CCC(=O)OC(=O)OC(C)(C)C)C(N)=O. The van der Waals surface area contributed by atoms with Crippen molar-refractivity contribution >= 4 is 23.9 Å². The summed E-state index contributed by atoms with van der Waals surface area (Å²) in [5.41, 5.74) is 11.4. The highest BCUT2D eigenvalue weighted by Crippen LogP contribution is 2.11. The van der Waals surface area contributed by atoms with E-state index in [2.05, 4.69) is 4.74 Å². The molecule has 1 aromatic carbocycles. The summed E-state index contributed by atoms with van der Waals surface area (Å²) < 4.78 is 14.9. The fraction of sp³-hybridized carbons (Fsp3) is 0.524. The Morgan fingerprint density at radius 3 is 2.26 bits per heavy atom. The summed E-state index contributed by atoms with van der Waals surface area (Å²) in [4.78, 5) is 48.8. The first-order chi connectivity index (χ1) is 14.4. The fourth-order valence-corrected chi connectivity index (χ4v) is 2.56. The third-order valence-corrected chi connectivity index (χ3v) is 4.08. The molecule has 0 saturated heterocycles. The maximum absolute atomic E-state index is 12.5. The van der Waals surface area contributed by atoms with Gasteiger partial charge in [0, 0.05) is 13.5 Å². The molecule has 172 valence electrons. The number of nitrogens with two attached hydrogens (primary N) is 2. The van der Waals surface area contributed by atoms with E-state index in [1.165, 1.54) is 7.05 Å². The van der Waals surface area contributed by atoms with Crippen molar-refractivity contribution in [3.05, 3.63) is 35.9 Å². The lowest BCUT2D eigenvalue weighted by Gasteiger charge is -2.28. The van der Waals surface area contributed by atoms with Gasteiger partial charge in [0.15, 0.2) is 0 Å². The van der Waals surface area contributed by atoms with Crippen LogP contribution in [0, 0.1) is 0 Å². The number of carbonyl (C=O) groups excluding carboxylic acids is 4. The van der Waals surface area contributed by atoms with E-state index in [-0.39, 0.29) is 26.1 Å². The number of likely N-dealkylation sites (N-methyl/N-ethyl adjacent to an activating group) is 1. The van der Waals surface area contributed by atoms with Crippen LogP contribution in [0.4, 0.5) is 4.79 Å². The fourth-order valence-electron chi connectivity index (χ4n) is 2.56. The second-order valence-corrected chi connectivity index (χ2v) is 7.95. The Morgan fingerprint density at radius 1 is 1.10 bits per heavy atom. The van der Waals surface area contributed by atoms with Gasteiger partial charge in [-0.1, -0.05) is 30.3 Å². The van der Waals surface area contributed by atoms with Crippen molar-refractivity contribution in [1.82, 2.24) is 4.90 Å². The number of primary amides is 1. The lowest BCUT2D eigenvalue weighted by atomic mass is 10.1. The summed E-state index contributed by atoms with van der Waals surface area (Å²) in [6, 6.07) is 7.22. The third-order valence-electron chi connectivity index (χ3n) is 4.08. The van der Waals surface area contributed by atoms with Gasteiger partial charge in [-0.25, -0.2) is 4.79 Å². The molecule has 1 rings (SSSR count). The summed E-state index contributed by atoms with van der Waals surface area (Å²) in [6.07, 6.45) is -1.61. The van der Waals surface area contributed by atoms with Gasteiger partial charge in [-0.3, -0.25) is 14.4 Å². The molecule has 0 aliphatic heterocycles. The number of benzene rings is 1. The van der Waals surface area contributed by atoms with E-state index in [1.807, 2.05) is 30.3 Å². The number of hydrogen-bond donors (Lipinski definition) is 2. The van der Waals surface area contributed by atoms with Crippen LogP contribution in [-0.4, -0.2) is 60.2 Å². The Balaban J connectivity index is 2.54. The molecule has 4 N–H and O–H groups in total. The molecule has 10 nitrogen and oxygen atoms in total. The molecular weight excluding hydrogens is 406 g/mol. The van der Waals surface area contributed by atoms with E-state index in [9.17, 15) is 19.2 Å². The molecule has 0 bridgehead atoms. The Kier molecular flexibility index (Phi) is 10.1. The Hall–Kier alpha value is -2.98. The van der Waals surface area contributed by atoms with Crippen LogP contribution in [0.3, 0.4) is 0 Å². The van der Waals surface area contributed by atoms with E-state index >= 15 is 0 Å². The predicted molar refractivity (Wildman–Crippen MR) is 111 cm³/mol. The van der Waals surface area contributed by atoms with Crippen LogP contribution in [0.25, 0.3) is 0 Å². The highest BCUT2D eigenvalue weighted by atomic mass is 16.7. The van der Waals surface area contributed by atoms with E-state index in [0.717, 1.165) is 10.5 Å². The molecule has 1 aromatic rings. The third kappa shape index (κ3) is 10.1. The maximum atomic E-state index is 12.5. The molecule has 0 saturated carbocycles. The molecule has 0 aliphatic rings.